The number of nitrogens with two attached hydrogens (primary N) is 1. The van der Waals surface area contributed by atoms with Crippen molar-refractivity contribution >= 4 is 11.8 Å². The minimum atomic E-state index is 0.436. The molecule has 0 fully saturated rings. The molecule has 0 aliphatic heterocycles. The van der Waals surface area contributed by atoms with E-state index in [1.165, 1.54) is 10.5 Å². The number of nitrogens with zero attached hydrogens (tertiary/aromatic N) is 3. The van der Waals surface area contributed by atoms with Gasteiger partial charge in [0.1, 0.15) is 0 Å². The Morgan fingerprint density at radius 3 is 2.62 bits per heavy atom. The Bertz CT molecular complexity index is 449. The van der Waals surface area contributed by atoms with Crippen LogP contribution in [-0.4, -0.2) is 21.2 Å². The van der Waals surface area contributed by atoms with Crippen LogP contribution in [0.3, 0.4) is 0 Å². The van der Waals surface area contributed by atoms with E-state index in [-0.39, 0.29) is 0 Å². The molecule has 84 valence electrons. The molecule has 0 spiro atoms. The first-order valence-electron chi connectivity index (χ1n) is 5.04. The van der Waals surface area contributed by atoms with Gasteiger partial charge in [0.25, 0.3) is 0 Å². The first kappa shape index (κ1) is 11.2. The second-order valence-electron chi connectivity index (χ2n) is 3.46. The lowest BCUT2D eigenvalue weighted by molar-refractivity contribution is 0.649. The highest BCUT2D eigenvalue weighted by atomic mass is 32.2. The van der Waals surface area contributed by atoms with E-state index in [0.717, 1.165) is 12.2 Å². The van der Waals surface area contributed by atoms with E-state index in [4.69, 9.17) is 5.73 Å². The van der Waals surface area contributed by atoms with Gasteiger partial charge < -0.3 is 5.73 Å². The van der Waals surface area contributed by atoms with Gasteiger partial charge >= 0.3 is 0 Å². The third-order valence-corrected chi connectivity index (χ3v) is 3.04. The van der Waals surface area contributed by atoms with E-state index in [2.05, 4.69) is 40.8 Å². The van der Waals surface area contributed by atoms with Gasteiger partial charge in [-0.25, -0.2) is 4.68 Å². The molecule has 1 heterocycles. The van der Waals surface area contributed by atoms with Gasteiger partial charge in [-0.15, -0.1) is 16.9 Å². The highest BCUT2D eigenvalue weighted by molar-refractivity contribution is 7.98. The molecule has 1 aromatic carbocycles. The summed E-state index contributed by atoms with van der Waals surface area (Å²) in [7, 11) is 0. The molecule has 0 saturated heterocycles. The molecule has 0 bridgehead atoms. The Labute approximate surface area is 98.8 Å². The van der Waals surface area contributed by atoms with E-state index in [1.807, 2.05) is 6.20 Å². The molecule has 0 amide bonds. The van der Waals surface area contributed by atoms with Crippen molar-refractivity contribution in [3.8, 4) is 0 Å². The lowest BCUT2D eigenvalue weighted by Gasteiger charge is -2.01. The maximum absolute atomic E-state index is 5.48. The molecule has 0 unspecified atom stereocenters. The summed E-state index contributed by atoms with van der Waals surface area (Å²) in [6.45, 7) is 1.17. The van der Waals surface area contributed by atoms with Crippen molar-refractivity contribution < 1.29 is 0 Å². The van der Waals surface area contributed by atoms with Crippen LogP contribution < -0.4 is 5.73 Å². The molecular weight excluding hydrogens is 220 g/mol. The third kappa shape index (κ3) is 2.62. The molecule has 16 heavy (non-hydrogen) atoms. The predicted molar refractivity (Wildman–Crippen MR) is 65.2 cm³/mol. The van der Waals surface area contributed by atoms with E-state index in [9.17, 15) is 0 Å². The fourth-order valence-corrected chi connectivity index (χ4v) is 1.84. The van der Waals surface area contributed by atoms with Crippen LogP contribution in [0.25, 0.3) is 0 Å². The van der Waals surface area contributed by atoms with Crippen molar-refractivity contribution in [2.75, 3.05) is 6.26 Å². The van der Waals surface area contributed by atoms with Gasteiger partial charge in [-0.2, -0.15) is 0 Å². The quantitative estimate of drug-likeness (QED) is 0.815. The summed E-state index contributed by atoms with van der Waals surface area (Å²) in [5.74, 6) is 0. The fraction of sp³-hybridized carbons (Fsp3) is 0.273. The molecule has 2 N–H and O–H groups in total. The van der Waals surface area contributed by atoms with Crippen LogP contribution in [0.2, 0.25) is 0 Å². The third-order valence-electron chi connectivity index (χ3n) is 2.30. The zero-order valence-electron chi connectivity index (χ0n) is 9.13. The minimum Gasteiger partial charge on any atom is -0.325 e. The standard InChI is InChI=1S/C11H14N4S/c1-16-11-4-2-9(3-5-11)7-15-8-10(6-12)13-14-15/h2-5,8H,6-7,12H2,1H3. The SMILES string of the molecule is CSc1ccc(Cn2cc(CN)nn2)cc1. The first-order chi connectivity index (χ1) is 7.81. The average Bonchev–Trinajstić information content (AvgIpc) is 2.78. The molecule has 2 aromatic rings. The van der Waals surface area contributed by atoms with Crippen LogP contribution in [0.1, 0.15) is 11.3 Å². The predicted octanol–water partition coefficient (Wildman–Crippen LogP) is 1.51. The summed E-state index contributed by atoms with van der Waals surface area (Å²) < 4.78 is 1.80. The highest BCUT2D eigenvalue weighted by Crippen LogP contribution is 2.15. The van der Waals surface area contributed by atoms with E-state index in [1.54, 1.807) is 16.4 Å². The Morgan fingerprint density at radius 2 is 2.06 bits per heavy atom. The highest BCUT2D eigenvalue weighted by Gasteiger charge is 1.99. The molecule has 2 rings (SSSR count). The summed E-state index contributed by atoms with van der Waals surface area (Å²) in [5.41, 5.74) is 7.51. The van der Waals surface area contributed by atoms with Crippen molar-refractivity contribution in [2.24, 2.45) is 5.73 Å². The largest absolute Gasteiger partial charge is 0.325 e. The van der Waals surface area contributed by atoms with Crippen molar-refractivity contribution in [1.82, 2.24) is 15.0 Å². The normalized spacial score (nSPS) is 10.6. The Balaban J connectivity index is 2.08. The molecule has 0 saturated carbocycles. The molecular formula is C11H14N4S. The molecule has 0 aliphatic carbocycles. The summed E-state index contributed by atoms with van der Waals surface area (Å²) in [6, 6.07) is 8.44. The Kier molecular flexibility index (Phi) is 3.58. The lowest BCUT2D eigenvalue weighted by Crippen LogP contribution is -2.00. The minimum absolute atomic E-state index is 0.436. The molecule has 1 aromatic heterocycles. The van der Waals surface area contributed by atoms with Gasteiger partial charge in [-0.05, 0) is 24.0 Å². The maximum atomic E-state index is 5.48. The Hall–Kier alpha value is -1.33. The van der Waals surface area contributed by atoms with Crippen molar-refractivity contribution in [3.05, 3.63) is 41.7 Å². The number of benzene rings is 1. The first-order valence-corrected chi connectivity index (χ1v) is 6.26. The van der Waals surface area contributed by atoms with Gasteiger partial charge in [-0.3, -0.25) is 0 Å². The van der Waals surface area contributed by atoms with Crippen LogP contribution in [0.5, 0.6) is 0 Å². The molecule has 0 radical (unpaired) electrons. The molecule has 0 atom stereocenters. The summed E-state index contributed by atoms with van der Waals surface area (Å²) >= 11 is 1.74. The van der Waals surface area contributed by atoms with Gasteiger partial charge in [0, 0.05) is 11.4 Å². The summed E-state index contributed by atoms with van der Waals surface area (Å²) in [6.07, 6.45) is 3.95. The van der Waals surface area contributed by atoms with Crippen LogP contribution in [0.15, 0.2) is 35.4 Å². The topological polar surface area (TPSA) is 56.7 Å². The lowest BCUT2D eigenvalue weighted by atomic mass is 10.2. The van der Waals surface area contributed by atoms with Crippen molar-refractivity contribution in [2.45, 2.75) is 18.0 Å². The van der Waals surface area contributed by atoms with Gasteiger partial charge in [0.05, 0.1) is 18.4 Å². The van der Waals surface area contributed by atoms with Crippen LogP contribution in [-0.2, 0) is 13.1 Å². The van der Waals surface area contributed by atoms with Gasteiger partial charge in [0.15, 0.2) is 0 Å². The van der Waals surface area contributed by atoms with Crippen LogP contribution in [0.4, 0.5) is 0 Å². The van der Waals surface area contributed by atoms with Gasteiger partial charge in [0.2, 0.25) is 0 Å². The van der Waals surface area contributed by atoms with Crippen molar-refractivity contribution in [1.29, 1.82) is 0 Å². The molecule has 0 aliphatic rings. The van der Waals surface area contributed by atoms with E-state index in [0.29, 0.717) is 6.54 Å². The number of hydrogen-bond acceptors (Lipinski definition) is 4. The molecule has 5 heteroatoms. The van der Waals surface area contributed by atoms with E-state index >= 15 is 0 Å². The van der Waals surface area contributed by atoms with Crippen LogP contribution in [0, 0.1) is 0 Å². The maximum Gasteiger partial charge on any atom is 0.0962 e. The number of aromatic nitrogens is 3. The zero-order valence-corrected chi connectivity index (χ0v) is 9.94. The molecule has 4 nitrogen and oxygen atoms in total. The monoisotopic (exact) mass is 234 g/mol. The Morgan fingerprint density at radius 1 is 1.31 bits per heavy atom. The smallest absolute Gasteiger partial charge is 0.0962 e. The van der Waals surface area contributed by atoms with Gasteiger partial charge in [-0.1, -0.05) is 17.3 Å². The fourth-order valence-electron chi connectivity index (χ4n) is 1.43. The van der Waals surface area contributed by atoms with Crippen LogP contribution >= 0.6 is 11.8 Å². The average molecular weight is 234 g/mol. The van der Waals surface area contributed by atoms with E-state index < -0.39 is 0 Å². The number of thioether (sulfide) groups is 1. The zero-order chi connectivity index (χ0) is 11.4. The summed E-state index contributed by atoms with van der Waals surface area (Å²) in [5, 5.41) is 7.95. The second-order valence-corrected chi connectivity index (χ2v) is 4.34. The second kappa shape index (κ2) is 5.14. The number of rotatable bonds is 4. The summed E-state index contributed by atoms with van der Waals surface area (Å²) in [4.78, 5) is 1.27. The van der Waals surface area contributed by atoms with Crippen molar-refractivity contribution in [3.63, 3.8) is 0 Å². The number of hydrogen-bond donors (Lipinski definition) is 1.